The van der Waals surface area contributed by atoms with Gasteiger partial charge < -0.3 is 5.11 Å². The van der Waals surface area contributed by atoms with Crippen molar-refractivity contribution in [3.05, 3.63) is 16.1 Å². The Morgan fingerprint density at radius 3 is 2.37 bits per heavy atom. The van der Waals surface area contributed by atoms with Crippen molar-refractivity contribution in [2.45, 2.75) is 50.4 Å². The first kappa shape index (κ1) is 11.9. The topological polar surface area (TPSA) is 50.2 Å². The molecule has 0 radical (unpaired) electrons. The van der Waals surface area contributed by atoms with Gasteiger partial charge in [-0.15, -0.1) is 11.3 Å². The third-order valence-electron chi connectivity index (χ3n) is 5.38. The fourth-order valence-electron chi connectivity index (χ4n) is 5.16. The molecule has 0 spiro atoms. The summed E-state index contributed by atoms with van der Waals surface area (Å²) in [6.07, 6.45) is 8.30. The Labute approximate surface area is 117 Å². The summed E-state index contributed by atoms with van der Waals surface area (Å²) in [5.41, 5.74) is 1.07. The number of carbonyl (C=O) groups is 1. The van der Waals surface area contributed by atoms with E-state index in [0.29, 0.717) is 5.41 Å². The van der Waals surface area contributed by atoms with Crippen molar-refractivity contribution in [3.63, 3.8) is 0 Å². The molecule has 1 N–H and O–H groups in total. The number of aliphatic carboxylic acids is 1. The SMILES string of the molecule is O=C(O)Cc1csc(C23CC4CC(CC(C4)C2)C3)n1. The smallest absolute Gasteiger partial charge is 0.309 e. The zero-order valence-corrected chi connectivity index (χ0v) is 11.8. The lowest BCUT2D eigenvalue weighted by Gasteiger charge is -2.56. The summed E-state index contributed by atoms with van der Waals surface area (Å²) >= 11 is 1.71. The molecular weight excluding hydrogens is 258 g/mol. The van der Waals surface area contributed by atoms with Crippen molar-refractivity contribution in [1.82, 2.24) is 4.98 Å². The van der Waals surface area contributed by atoms with E-state index in [9.17, 15) is 4.79 Å². The molecule has 1 aromatic rings. The highest BCUT2D eigenvalue weighted by molar-refractivity contribution is 7.09. The van der Waals surface area contributed by atoms with Crippen LogP contribution in [0.4, 0.5) is 0 Å². The van der Waals surface area contributed by atoms with Gasteiger partial charge in [-0.1, -0.05) is 0 Å². The summed E-state index contributed by atoms with van der Waals surface area (Å²) in [6, 6.07) is 0. The second-order valence-corrected chi connectivity index (χ2v) is 7.77. The molecule has 19 heavy (non-hydrogen) atoms. The molecule has 4 heteroatoms. The van der Waals surface area contributed by atoms with Crippen LogP contribution < -0.4 is 0 Å². The lowest BCUT2D eigenvalue weighted by Crippen LogP contribution is -2.48. The minimum Gasteiger partial charge on any atom is -0.481 e. The van der Waals surface area contributed by atoms with Crippen LogP contribution in [0.2, 0.25) is 0 Å². The Kier molecular flexibility index (Phi) is 2.53. The van der Waals surface area contributed by atoms with Crippen LogP contribution in [0.1, 0.15) is 49.2 Å². The third-order valence-corrected chi connectivity index (χ3v) is 6.51. The van der Waals surface area contributed by atoms with Crippen molar-refractivity contribution >= 4 is 17.3 Å². The van der Waals surface area contributed by atoms with Gasteiger partial charge in [-0.3, -0.25) is 4.79 Å². The van der Waals surface area contributed by atoms with E-state index in [2.05, 4.69) is 4.98 Å². The molecule has 4 aliphatic carbocycles. The lowest BCUT2D eigenvalue weighted by molar-refractivity contribution is -0.136. The molecule has 0 unspecified atom stereocenters. The van der Waals surface area contributed by atoms with Gasteiger partial charge in [0.2, 0.25) is 0 Å². The van der Waals surface area contributed by atoms with Crippen LogP contribution in [0.25, 0.3) is 0 Å². The lowest BCUT2D eigenvalue weighted by atomic mass is 9.50. The normalized spacial score (nSPS) is 39.7. The molecule has 102 valence electrons. The van der Waals surface area contributed by atoms with Gasteiger partial charge in [-0.2, -0.15) is 0 Å². The number of thiazole rings is 1. The van der Waals surface area contributed by atoms with Gasteiger partial charge in [0.05, 0.1) is 17.1 Å². The van der Waals surface area contributed by atoms with Gasteiger partial charge >= 0.3 is 5.97 Å². The first-order valence-electron chi connectivity index (χ1n) is 7.30. The number of rotatable bonds is 3. The van der Waals surface area contributed by atoms with Crippen molar-refractivity contribution < 1.29 is 9.90 Å². The molecule has 4 saturated carbocycles. The van der Waals surface area contributed by atoms with Crippen molar-refractivity contribution in [2.24, 2.45) is 17.8 Å². The van der Waals surface area contributed by atoms with E-state index in [4.69, 9.17) is 5.11 Å². The zero-order chi connectivity index (χ0) is 13.0. The second-order valence-electron chi connectivity index (χ2n) is 6.91. The minimum absolute atomic E-state index is 0.0723. The van der Waals surface area contributed by atoms with Gasteiger partial charge in [-0.05, 0) is 56.3 Å². The van der Waals surface area contributed by atoms with E-state index in [1.807, 2.05) is 5.38 Å². The van der Waals surface area contributed by atoms with E-state index < -0.39 is 5.97 Å². The molecule has 4 fully saturated rings. The highest BCUT2D eigenvalue weighted by Crippen LogP contribution is 2.61. The Morgan fingerprint density at radius 2 is 1.84 bits per heavy atom. The third kappa shape index (κ3) is 1.92. The molecule has 4 bridgehead atoms. The van der Waals surface area contributed by atoms with Crippen LogP contribution in [-0.4, -0.2) is 16.1 Å². The minimum atomic E-state index is -0.776. The van der Waals surface area contributed by atoms with Crippen molar-refractivity contribution in [2.75, 3.05) is 0 Å². The molecule has 5 rings (SSSR count). The van der Waals surface area contributed by atoms with Gasteiger partial charge in [0.1, 0.15) is 0 Å². The van der Waals surface area contributed by atoms with Gasteiger partial charge in [0.25, 0.3) is 0 Å². The quantitative estimate of drug-likeness (QED) is 0.922. The van der Waals surface area contributed by atoms with E-state index in [1.165, 1.54) is 43.5 Å². The number of hydrogen-bond acceptors (Lipinski definition) is 3. The summed E-state index contributed by atoms with van der Waals surface area (Å²) in [6.45, 7) is 0. The number of hydrogen-bond donors (Lipinski definition) is 1. The maximum atomic E-state index is 10.8. The fraction of sp³-hybridized carbons (Fsp3) is 0.733. The molecule has 0 aromatic carbocycles. The molecule has 0 atom stereocenters. The van der Waals surface area contributed by atoms with Crippen LogP contribution in [0.15, 0.2) is 5.38 Å². The van der Waals surface area contributed by atoms with Crippen LogP contribution in [0.5, 0.6) is 0 Å². The predicted molar refractivity (Wildman–Crippen MR) is 73.3 cm³/mol. The summed E-state index contributed by atoms with van der Waals surface area (Å²) in [4.78, 5) is 15.5. The van der Waals surface area contributed by atoms with E-state index in [0.717, 1.165) is 23.4 Å². The largest absolute Gasteiger partial charge is 0.481 e. The molecule has 1 aromatic heterocycles. The van der Waals surface area contributed by atoms with E-state index in [-0.39, 0.29) is 6.42 Å². The predicted octanol–water partition coefficient (Wildman–Crippen LogP) is 3.24. The van der Waals surface area contributed by atoms with Gasteiger partial charge in [0.15, 0.2) is 0 Å². The Hall–Kier alpha value is -0.900. The Balaban J connectivity index is 1.64. The van der Waals surface area contributed by atoms with E-state index in [1.54, 1.807) is 11.3 Å². The van der Waals surface area contributed by atoms with Gasteiger partial charge in [0, 0.05) is 10.8 Å². The summed E-state index contributed by atoms with van der Waals surface area (Å²) < 4.78 is 0. The molecule has 0 saturated heterocycles. The maximum absolute atomic E-state index is 10.8. The molecular formula is C15H19NO2S. The summed E-state index contributed by atoms with van der Waals surface area (Å²) in [5, 5.41) is 12.1. The standard InChI is InChI=1S/C15H19NO2S/c17-13(18)4-12-8-19-14(16-12)15-5-9-1-10(6-15)3-11(2-9)7-15/h8-11H,1-7H2,(H,17,18). The number of aromatic nitrogens is 1. The number of carboxylic acids is 1. The first-order valence-corrected chi connectivity index (χ1v) is 8.18. The van der Waals surface area contributed by atoms with Crippen molar-refractivity contribution in [3.8, 4) is 0 Å². The summed E-state index contributed by atoms with van der Waals surface area (Å²) in [5.74, 6) is 1.97. The van der Waals surface area contributed by atoms with Crippen LogP contribution in [-0.2, 0) is 16.6 Å². The molecule has 0 aliphatic heterocycles. The summed E-state index contributed by atoms with van der Waals surface area (Å²) in [7, 11) is 0. The second kappa shape index (κ2) is 4.05. The average molecular weight is 277 g/mol. The molecule has 0 amide bonds. The zero-order valence-electron chi connectivity index (χ0n) is 11.0. The first-order chi connectivity index (χ1) is 9.13. The maximum Gasteiger partial charge on any atom is 0.309 e. The Morgan fingerprint density at radius 1 is 1.26 bits per heavy atom. The number of carboxylic acid groups (broad SMARTS) is 1. The van der Waals surface area contributed by atoms with Crippen molar-refractivity contribution in [1.29, 1.82) is 0 Å². The molecule has 4 aliphatic rings. The Bertz CT molecular complexity index is 487. The highest BCUT2D eigenvalue weighted by Gasteiger charge is 2.52. The molecule has 1 heterocycles. The average Bonchev–Trinajstić information content (AvgIpc) is 2.75. The molecule has 3 nitrogen and oxygen atoms in total. The van der Waals surface area contributed by atoms with Crippen LogP contribution >= 0.6 is 11.3 Å². The monoisotopic (exact) mass is 277 g/mol. The van der Waals surface area contributed by atoms with E-state index >= 15 is 0 Å². The fourth-order valence-corrected chi connectivity index (χ4v) is 6.21. The number of nitrogens with zero attached hydrogens (tertiary/aromatic N) is 1. The van der Waals surface area contributed by atoms with Crippen LogP contribution in [0, 0.1) is 17.8 Å². The van der Waals surface area contributed by atoms with Crippen LogP contribution in [0.3, 0.4) is 0 Å². The van der Waals surface area contributed by atoms with Gasteiger partial charge in [-0.25, -0.2) is 4.98 Å². The highest BCUT2D eigenvalue weighted by atomic mass is 32.1.